The average Bonchev–Trinajstić information content (AvgIpc) is 3.42. The summed E-state index contributed by atoms with van der Waals surface area (Å²) in [6, 6.07) is 59.0. The third-order valence-corrected chi connectivity index (χ3v) is 12.3. The summed E-state index contributed by atoms with van der Waals surface area (Å²) in [5.74, 6) is 0. The van der Waals surface area contributed by atoms with E-state index in [9.17, 15) is 4.79 Å². The van der Waals surface area contributed by atoms with Crippen LogP contribution in [0, 0.1) is 0 Å². The van der Waals surface area contributed by atoms with E-state index in [-0.39, 0.29) is 52.7 Å². The Hall–Kier alpha value is -5.81. The van der Waals surface area contributed by atoms with Crippen LogP contribution in [0.2, 0.25) is 0 Å². The molecule has 6 aromatic rings. The predicted octanol–water partition coefficient (Wildman–Crippen LogP) is 8.54. The van der Waals surface area contributed by atoms with Gasteiger partial charge in [-0.25, -0.2) is 4.79 Å². The molecule has 0 aliphatic carbocycles. The lowest BCUT2D eigenvalue weighted by Crippen LogP contribution is -2.64. The van der Waals surface area contributed by atoms with Crippen LogP contribution in [0.4, 0.5) is 4.79 Å². The summed E-state index contributed by atoms with van der Waals surface area (Å²) in [6.07, 6.45) is -7.29. The number of methoxy groups -OCH3 is 2. The van der Waals surface area contributed by atoms with Gasteiger partial charge in [0.1, 0.15) is 48.8 Å². The molecule has 2 aliphatic heterocycles. The Morgan fingerprint density at radius 3 is 0.829 bits per heavy atom. The summed E-state index contributed by atoms with van der Waals surface area (Å²) in [5.41, 5.74) is 5.86. The number of carbonyl (C=O) groups is 1. The molecule has 0 aromatic heterocycles. The van der Waals surface area contributed by atoms with Crippen LogP contribution in [-0.4, -0.2) is 94.8 Å². The first-order valence-electron chi connectivity index (χ1n) is 23.9. The lowest BCUT2D eigenvalue weighted by Gasteiger charge is -2.46. The molecule has 2 amide bonds. The molecule has 0 spiro atoms. The van der Waals surface area contributed by atoms with Gasteiger partial charge in [0.2, 0.25) is 0 Å². The Labute approximate surface area is 411 Å². The number of hydrogen-bond acceptors (Lipinski definition) is 11. The van der Waals surface area contributed by atoms with Crippen molar-refractivity contribution in [3.05, 3.63) is 215 Å². The second kappa shape index (κ2) is 27.0. The van der Waals surface area contributed by atoms with Gasteiger partial charge in [0.15, 0.2) is 12.6 Å². The van der Waals surface area contributed by atoms with Crippen LogP contribution in [-0.2, 0) is 87.0 Å². The highest BCUT2D eigenvalue weighted by Crippen LogP contribution is 2.33. The number of hydrogen-bond donors (Lipinski definition) is 2. The van der Waals surface area contributed by atoms with E-state index in [1.807, 2.05) is 182 Å². The van der Waals surface area contributed by atoms with Gasteiger partial charge in [-0.05, 0) is 33.4 Å². The van der Waals surface area contributed by atoms with Gasteiger partial charge in [0.05, 0.1) is 39.6 Å². The van der Waals surface area contributed by atoms with E-state index in [4.69, 9.17) is 47.4 Å². The third kappa shape index (κ3) is 14.6. The van der Waals surface area contributed by atoms with Crippen LogP contribution in [0.1, 0.15) is 33.4 Å². The number of carbonyl (C=O) groups excluding carboxylic acids is 1. The number of amides is 2. The van der Waals surface area contributed by atoms with E-state index < -0.39 is 67.4 Å². The standard InChI is InChI=1S/C57H64N2O11/c1-61-55-53(67-39-45-29-17-7-18-30-45)51(65-37-43-25-13-5-14-26-43)49(63-35-41-21-9-3-10-22-41)47(69-55)33-58-57(60)59-34-48-50(64-36-42-23-11-4-12-24-42)52(66-38-44-27-15-6-16-28-44)54(56(62-2)70-48)68-40-46-31-19-8-20-32-46/h3-32,47-56H,33-40H2,1-2H3,(H2,58,59,60)/t47-,48-,49-,50-,51+,52+,53-,54-,55+,56+/m1/s1. The summed E-state index contributed by atoms with van der Waals surface area (Å²) >= 11 is 0. The lowest BCUT2D eigenvalue weighted by molar-refractivity contribution is -0.316. The summed E-state index contributed by atoms with van der Waals surface area (Å²) < 4.78 is 65.4. The van der Waals surface area contributed by atoms with Gasteiger partial charge in [0, 0.05) is 27.3 Å². The highest BCUT2D eigenvalue weighted by molar-refractivity contribution is 5.73. The van der Waals surface area contributed by atoms with Crippen molar-refractivity contribution >= 4 is 6.03 Å². The minimum Gasteiger partial charge on any atom is -0.368 e. The van der Waals surface area contributed by atoms with E-state index in [0.717, 1.165) is 33.4 Å². The molecular weight excluding hydrogens is 889 g/mol. The van der Waals surface area contributed by atoms with E-state index in [2.05, 4.69) is 10.6 Å². The molecule has 70 heavy (non-hydrogen) atoms. The molecule has 2 aliphatic rings. The first-order chi connectivity index (χ1) is 34.5. The highest BCUT2D eigenvalue weighted by atomic mass is 16.7. The smallest absolute Gasteiger partial charge is 0.314 e. The van der Waals surface area contributed by atoms with Crippen molar-refractivity contribution in [1.82, 2.24) is 10.6 Å². The summed E-state index contributed by atoms with van der Waals surface area (Å²) in [7, 11) is 3.14. The largest absolute Gasteiger partial charge is 0.368 e. The van der Waals surface area contributed by atoms with Gasteiger partial charge >= 0.3 is 6.03 Å². The SMILES string of the molecule is CO[C@H]1O[C@H](CNC(=O)NC[C@H]2O[C@H](OC)[C@H](OCc3ccccc3)[C@@H](OCc3ccccc3)[C@@H]2OCc2ccccc2)[C@@H](OCc2ccccc2)[C@H](OCc2ccccc2)[C@H]1OCc1ccccc1. The van der Waals surface area contributed by atoms with Gasteiger partial charge in [-0.1, -0.05) is 182 Å². The van der Waals surface area contributed by atoms with Crippen molar-refractivity contribution in [3.63, 3.8) is 0 Å². The minimum absolute atomic E-state index is 0.0418. The van der Waals surface area contributed by atoms with Gasteiger partial charge in [-0.15, -0.1) is 0 Å². The predicted molar refractivity (Wildman–Crippen MR) is 263 cm³/mol. The molecule has 2 fully saturated rings. The maximum absolute atomic E-state index is 14.0. The maximum Gasteiger partial charge on any atom is 0.314 e. The zero-order valence-corrected chi connectivity index (χ0v) is 39.7. The second-order valence-corrected chi connectivity index (χ2v) is 17.2. The van der Waals surface area contributed by atoms with Crippen LogP contribution in [0.25, 0.3) is 0 Å². The average molecular weight is 953 g/mol. The van der Waals surface area contributed by atoms with Crippen molar-refractivity contribution in [2.75, 3.05) is 27.3 Å². The maximum atomic E-state index is 14.0. The molecule has 0 saturated carbocycles. The van der Waals surface area contributed by atoms with Crippen molar-refractivity contribution in [2.24, 2.45) is 0 Å². The monoisotopic (exact) mass is 952 g/mol. The summed E-state index contributed by atoms with van der Waals surface area (Å²) in [6.45, 7) is 1.75. The fourth-order valence-corrected chi connectivity index (χ4v) is 8.65. The number of rotatable bonds is 24. The van der Waals surface area contributed by atoms with Gasteiger partial charge in [-0.3, -0.25) is 0 Å². The molecular formula is C57H64N2O11. The quantitative estimate of drug-likeness (QED) is 0.0605. The third-order valence-electron chi connectivity index (χ3n) is 12.3. The molecule has 0 radical (unpaired) electrons. The van der Waals surface area contributed by atoms with Gasteiger partial charge < -0.3 is 58.0 Å². The Bertz CT molecular complexity index is 2210. The first-order valence-corrected chi connectivity index (χ1v) is 23.9. The highest BCUT2D eigenvalue weighted by Gasteiger charge is 2.50. The van der Waals surface area contributed by atoms with E-state index in [1.54, 1.807) is 14.2 Å². The molecule has 8 rings (SSSR count). The summed E-state index contributed by atoms with van der Waals surface area (Å²) in [5, 5.41) is 6.09. The van der Waals surface area contributed by atoms with Crippen LogP contribution < -0.4 is 10.6 Å². The molecule has 0 unspecified atom stereocenters. The van der Waals surface area contributed by atoms with Gasteiger partial charge in [-0.2, -0.15) is 0 Å². The molecule has 10 atom stereocenters. The molecule has 6 aromatic carbocycles. The van der Waals surface area contributed by atoms with Crippen LogP contribution in [0.15, 0.2) is 182 Å². The zero-order chi connectivity index (χ0) is 48.2. The normalized spacial score (nSPS) is 24.4. The Morgan fingerprint density at radius 1 is 0.357 bits per heavy atom. The Balaban J connectivity index is 1.00. The molecule has 2 heterocycles. The fourth-order valence-electron chi connectivity index (χ4n) is 8.65. The molecule has 2 N–H and O–H groups in total. The van der Waals surface area contributed by atoms with E-state index in [0.29, 0.717) is 0 Å². The van der Waals surface area contributed by atoms with E-state index in [1.165, 1.54) is 0 Å². The van der Waals surface area contributed by atoms with Crippen molar-refractivity contribution in [2.45, 2.75) is 101 Å². The Morgan fingerprint density at radius 2 is 0.586 bits per heavy atom. The van der Waals surface area contributed by atoms with Crippen molar-refractivity contribution in [1.29, 1.82) is 0 Å². The molecule has 368 valence electrons. The first kappa shape index (κ1) is 50.6. The molecule has 0 bridgehead atoms. The van der Waals surface area contributed by atoms with E-state index >= 15 is 0 Å². The van der Waals surface area contributed by atoms with Crippen molar-refractivity contribution < 1.29 is 52.2 Å². The number of benzene rings is 6. The Kier molecular flexibility index (Phi) is 19.5. The van der Waals surface area contributed by atoms with Crippen molar-refractivity contribution in [3.8, 4) is 0 Å². The van der Waals surface area contributed by atoms with Crippen LogP contribution in [0.5, 0.6) is 0 Å². The second-order valence-electron chi connectivity index (χ2n) is 17.2. The minimum atomic E-state index is -0.857. The molecule has 13 nitrogen and oxygen atoms in total. The van der Waals surface area contributed by atoms with Gasteiger partial charge in [0.25, 0.3) is 0 Å². The number of nitrogens with one attached hydrogen (secondary N) is 2. The topological polar surface area (TPSA) is 133 Å². The van der Waals surface area contributed by atoms with Crippen LogP contribution in [0.3, 0.4) is 0 Å². The molecule has 13 heteroatoms. The summed E-state index contributed by atoms with van der Waals surface area (Å²) in [4.78, 5) is 14.0. The fraction of sp³-hybridized carbons (Fsp3) is 0.351. The lowest BCUT2D eigenvalue weighted by atomic mass is 9.97. The number of urea groups is 1. The molecule has 2 saturated heterocycles. The number of ether oxygens (including phenoxy) is 10. The zero-order valence-electron chi connectivity index (χ0n) is 39.7. The van der Waals surface area contributed by atoms with Crippen LogP contribution >= 0.6 is 0 Å².